The van der Waals surface area contributed by atoms with Gasteiger partial charge < -0.3 is 14.1 Å². The van der Waals surface area contributed by atoms with Crippen LogP contribution in [0.1, 0.15) is 38.9 Å². The molecule has 5 nitrogen and oxygen atoms in total. The highest BCUT2D eigenvalue weighted by Crippen LogP contribution is 2.40. The van der Waals surface area contributed by atoms with Crippen molar-refractivity contribution in [1.29, 1.82) is 0 Å². The second-order valence-electron chi connectivity index (χ2n) is 8.31. The van der Waals surface area contributed by atoms with Gasteiger partial charge in [-0.3, -0.25) is 9.59 Å². The minimum absolute atomic E-state index is 0.0152. The Bertz CT molecular complexity index is 1470. The van der Waals surface area contributed by atoms with E-state index in [9.17, 15) is 14.0 Å². The van der Waals surface area contributed by atoms with Gasteiger partial charge >= 0.3 is 0 Å². The topological polar surface area (TPSA) is 59.8 Å². The molecule has 0 bridgehead atoms. The van der Waals surface area contributed by atoms with Crippen LogP contribution < -0.4 is 10.2 Å². The molecule has 0 fully saturated rings. The first-order valence-electron chi connectivity index (χ1n) is 10.9. The SMILES string of the molecule is C=CCOc1cccc(C2c3c(oc4ccc(F)cc4c3=O)C(=O)N2Cc2ccc(C)cc2)c1. The number of aryl methyl sites for hydroxylation is 1. The Labute approximate surface area is 195 Å². The zero-order valence-electron chi connectivity index (χ0n) is 18.6. The van der Waals surface area contributed by atoms with Gasteiger partial charge in [0.2, 0.25) is 5.76 Å². The first-order chi connectivity index (χ1) is 16.5. The van der Waals surface area contributed by atoms with E-state index in [1.807, 2.05) is 43.3 Å². The second-order valence-corrected chi connectivity index (χ2v) is 8.31. The molecule has 170 valence electrons. The smallest absolute Gasteiger partial charge is 0.291 e. The zero-order valence-corrected chi connectivity index (χ0v) is 18.6. The van der Waals surface area contributed by atoms with Crippen molar-refractivity contribution in [3.63, 3.8) is 0 Å². The summed E-state index contributed by atoms with van der Waals surface area (Å²) >= 11 is 0. The molecule has 4 aromatic rings. The minimum atomic E-state index is -0.708. The van der Waals surface area contributed by atoms with E-state index in [1.165, 1.54) is 12.1 Å². The van der Waals surface area contributed by atoms with Crippen LogP contribution in [-0.4, -0.2) is 17.4 Å². The Morgan fingerprint density at radius 3 is 2.65 bits per heavy atom. The third kappa shape index (κ3) is 3.77. The fourth-order valence-electron chi connectivity index (χ4n) is 4.32. The van der Waals surface area contributed by atoms with Gasteiger partial charge in [0.15, 0.2) is 5.43 Å². The fourth-order valence-corrected chi connectivity index (χ4v) is 4.32. The second kappa shape index (κ2) is 8.63. The van der Waals surface area contributed by atoms with Crippen LogP contribution in [0.5, 0.6) is 5.75 Å². The largest absolute Gasteiger partial charge is 0.490 e. The first-order valence-corrected chi connectivity index (χ1v) is 10.9. The minimum Gasteiger partial charge on any atom is -0.490 e. The molecule has 1 unspecified atom stereocenters. The number of hydrogen-bond donors (Lipinski definition) is 0. The Kier molecular flexibility index (Phi) is 5.49. The number of nitrogens with zero attached hydrogens (tertiary/aromatic N) is 1. The molecule has 1 aromatic heterocycles. The highest BCUT2D eigenvalue weighted by Gasteiger charge is 2.42. The van der Waals surface area contributed by atoms with Crippen molar-refractivity contribution in [2.45, 2.75) is 19.5 Å². The maximum Gasteiger partial charge on any atom is 0.291 e. The molecule has 34 heavy (non-hydrogen) atoms. The third-order valence-electron chi connectivity index (χ3n) is 5.94. The van der Waals surface area contributed by atoms with E-state index in [0.717, 1.165) is 17.2 Å². The van der Waals surface area contributed by atoms with Crippen LogP contribution in [0.15, 0.2) is 88.6 Å². The summed E-state index contributed by atoms with van der Waals surface area (Å²) < 4.78 is 25.5. The Hall–Kier alpha value is -4.19. The average Bonchev–Trinajstić information content (AvgIpc) is 3.11. The van der Waals surface area contributed by atoms with Gasteiger partial charge in [0.1, 0.15) is 23.8 Å². The van der Waals surface area contributed by atoms with Gasteiger partial charge in [-0.05, 0) is 48.4 Å². The molecule has 1 aliphatic heterocycles. The predicted molar refractivity (Wildman–Crippen MR) is 127 cm³/mol. The number of fused-ring (bicyclic) bond motifs is 2. The quantitative estimate of drug-likeness (QED) is 0.358. The molecule has 3 aromatic carbocycles. The fraction of sp³-hybridized carbons (Fsp3) is 0.143. The monoisotopic (exact) mass is 455 g/mol. The Morgan fingerprint density at radius 1 is 1.09 bits per heavy atom. The van der Waals surface area contributed by atoms with Crippen LogP contribution in [0.4, 0.5) is 4.39 Å². The highest BCUT2D eigenvalue weighted by molar-refractivity contribution is 5.99. The van der Waals surface area contributed by atoms with Crippen LogP contribution >= 0.6 is 0 Å². The molecule has 2 heterocycles. The number of carbonyl (C=O) groups is 1. The Balaban J connectivity index is 1.69. The van der Waals surface area contributed by atoms with Gasteiger partial charge in [-0.2, -0.15) is 0 Å². The van der Waals surface area contributed by atoms with Crippen molar-refractivity contribution in [3.05, 3.63) is 123 Å². The van der Waals surface area contributed by atoms with Crippen LogP contribution in [0.2, 0.25) is 0 Å². The van der Waals surface area contributed by atoms with Gasteiger partial charge in [-0.15, -0.1) is 0 Å². The lowest BCUT2D eigenvalue weighted by molar-refractivity contribution is 0.0714. The van der Waals surface area contributed by atoms with E-state index >= 15 is 0 Å². The predicted octanol–water partition coefficient (Wildman–Crippen LogP) is 5.55. The maximum atomic E-state index is 14.0. The summed E-state index contributed by atoms with van der Waals surface area (Å²) in [7, 11) is 0. The highest BCUT2D eigenvalue weighted by atomic mass is 19.1. The first kappa shape index (κ1) is 21.6. The van der Waals surface area contributed by atoms with E-state index < -0.39 is 17.3 Å². The summed E-state index contributed by atoms with van der Waals surface area (Å²) in [6.07, 6.45) is 1.64. The zero-order chi connectivity index (χ0) is 23.8. The summed E-state index contributed by atoms with van der Waals surface area (Å²) in [5, 5.41) is 0.104. The average molecular weight is 455 g/mol. The van der Waals surface area contributed by atoms with Gasteiger partial charge in [0.05, 0.1) is 17.0 Å². The molecular formula is C28H22FNO4. The number of hydrogen-bond acceptors (Lipinski definition) is 4. The summed E-state index contributed by atoms with van der Waals surface area (Å²) in [5.41, 5.74) is 2.68. The lowest BCUT2D eigenvalue weighted by Crippen LogP contribution is -2.29. The number of amides is 1. The van der Waals surface area contributed by atoms with E-state index in [1.54, 1.807) is 23.1 Å². The van der Waals surface area contributed by atoms with E-state index in [-0.39, 0.29) is 34.7 Å². The molecule has 0 saturated heterocycles. The number of carbonyl (C=O) groups excluding carboxylic acids is 1. The van der Waals surface area contributed by atoms with Gasteiger partial charge in [0, 0.05) is 6.54 Å². The molecule has 1 amide bonds. The van der Waals surface area contributed by atoms with Crippen LogP contribution in [0.25, 0.3) is 11.0 Å². The van der Waals surface area contributed by atoms with Crippen LogP contribution in [-0.2, 0) is 6.54 Å². The third-order valence-corrected chi connectivity index (χ3v) is 5.94. The molecule has 5 rings (SSSR count). The van der Waals surface area contributed by atoms with Crippen molar-refractivity contribution in [1.82, 2.24) is 4.90 Å². The number of halogens is 1. The molecule has 0 aliphatic carbocycles. The summed E-state index contributed by atoms with van der Waals surface area (Å²) in [4.78, 5) is 28.7. The van der Waals surface area contributed by atoms with Gasteiger partial charge in [-0.1, -0.05) is 54.6 Å². The number of benzene rings is 3. The van der Waals surface area contributed by atoms with Crippen molar-refractivity contribution in [2.24, 2.45) is 0 Å². The van der Waals surface area contributed by atoms with Crippen molar-refractivity contribution in [3.8, 4) is 5.75 Å². The lowest BCUT2D eigenvalue weighted by Gasteiger charge is -2.25. The number of ether oxygens (including phenoxy) is 1. The van der Waals surface area contributed by atoms with Crippen molar-refractivity contribution < 1.29 is 18.3 Å². The standard InChI is InChI=1S/C28H22FNO4/c1-3-13-33-21-6-4-5-19(14-21)25-24-26(31)22-15-20(29)11-12-23(22)34-27(24)28(32)30(25)16-18-9-7-17(2)8-10-18/h3-12,14-15,25H,1,13,16H2,2H3. The molecule has 6 heteroatoms. The van der Waals surface area contributed by atoms with E-state index in [0.29, 0.717) is 17.9 Å². The summed E-state index contributed by atoms with van der Waals surface area (Å²) in [5.74, 6) is -0.360. The normalized spacial score (nSPS) is 14.9. The van der Waals surface area contributed by atoms with E-state index in [4.69, 9.17) is 9.15 Å². The van der Waals surface area contributed by atoms with Crippen molar-refractivity contribution in [2.75, 3.05) is 6.61 Å². The van der Waals surface area contributed by atoms with Crippen LogP contribution in [0, 0.1) is 12.7 Å². The lowest BCUT2D eigenvalue weighted by atomic mass is 9.98. The summed E-state index contributed by atoms with van der Waals surface area (Å²) in [6.45, 7) is 6.25. The van der Waals surface area contributed by atoms with E-state index in [2.05, 4.69) is 6.58 Å². The number of rotatable bonds is 6. The Morgan fingerprint density at radius 2 is 1.88 bits per heavy atom. The molecular weight excluding hydrogens is 433 g/mol. The molecule has 1 atom stereocenters. The van der Waals surface area contributed by atoms with Crippen LogP contribution in [0.3, 0.4) is 0 Å². The molecule has 0 saturated carbocycles. The molecule has 0 radical (unpaired) electrons. The van der Waals surface area contributed by atoms with Gasteiger partial charge in [0.25, 0.3) is 5.91 Å². The molecule has 0 N–H and O–H groups in total. The molecule has 1 aliphatic rings. The molecule has 0 spiro atoms. The summed E-state index contributed by atoms with van der Waals surface area (Å²) in [6, 6.07) is 18.1. The maximum absolute atomic E-state index is 14.0. The van der Waals surface area contributed by atoms with Gasteiger partial charge in [-0.25, -0.2) is 4.39 Å². The van der Waals surface area contributed by atoms with Crippen molar-refractivity contribution >= 4 is 16.9 Å².